The molecule has 0 saturated heterocycles. The second-order valence-electron chi connectivity index (χ2n) is 3.18. The Morgan fingerprint density at radius 2 is 2.06 bits per heavy atom. The van der Waals surface area contributed by atoms with E-state index in [4.69, 9.17) is 5.11 Å². The maximum Gasteiger partial charge on any atom is 0.359 e. The number of hydrogen-bond acceptors (Lipinski definition) is 7. The van der Waals surface area contributed by atoms with Crippen LogP contribution in [0.2, 0.25) is 0 Å². The molecule has 0 bridgehead atoms. The number of carboxylic acids is 1. The van der Waals surface area contributed by atoms with Crippen molar-refractivity contribution >= 4 is 33.9 Å². The van der Waals surface area contributed by atoms with Gasteiger partial charge in [-0.3, -0.25) is 10.1 Å². The first-order valence-electron chi connectivity index (χ1n) is 4.65. The molecule has 0 aliphatic rings. The van der Waals surface area contributed by atoms with Crippen LogP contribution in [0.25, 0.3) is 0 Å². The summed E-state index contributed by atoms with van der Waals surface area (Å²) in [5.74, 6) is -1.19. The standard InChI is InChI=1S/C9H6N4O4S/c14-9(15)7-8(18-12-11-7)10-5-1-3-6(4-2-5)13(16)17/h1-4,10H,(H,14,15). The monoisotopic (exact) mass is 266 g/mol. The summed E-state index contributed by atoms with van der Waals surface area (Å²) in [6.07, 6.45) is 0. The van der Waals surface area contributed by atoms with Crippen LogP contribution in [0.3, 0.4) is 0 Å². The van der Waals surface area contributed by atoms with Gasteiger partial charge in [0.25, 0.3) is 5.69 Å². The zero-order valence-electron chi connectivity index (χ0n) is 8.73. The molecule has 9 heteroatoms. The highest BCUT2D eigenvalue weighted by Gasteiger charge is 2.15. The summed E-state index contributed by atoms with van der Waals surface area (Å²) < 4.78 is 3.53. The Hall–Kier alpha value is -2.55. The molecular weight excluding hydrogens is 260 g/mol. The smallest absolute Gasteiger partial charge is 0.359 e. The second-order valence-corrected chi connectivity index (χ2v) is 3.94. The largest absolute Gasteiger partial charge is 0.476 e. The highest BCUT2D eigenvalue weighted by molar-refractivity contribution is 7.10. The van der Waals surface area contributed by atoms with E-state index < -0.39 is 10.9 Å². The molecule has 0 amide bonds. The summed E-state index contributed by atoms with van der Waals surface area (Å²) in [4.78, 5) is 20.7. The van der Waals surface area contributed by atoms with Crippen LogP contribution in [0, 0.1) is 10.1 Å². The molecule has 2 rings (SSSR count). The van der Waals surface area contributed by atoms with Crippen molar-refractivity contribution in [3.8, 4) is 0 Å². The number of benzene rings is 1. The normalized spacial score (nSPS) is 10.0. The van der Waals surface area contributed by atoms with Crippen LogP contribution in [0.4, 0.5) is 16.4 Å². The van der Waals surface area contributed by atoms with Crippen molar-refractivity contribution in [1.29, 1.82) is 0 Å². The van der Waals surface area contributed by atoms with Crippen LogP contribution in [-0.4, -0.2) is 25.6 Å². The molecule has 1 aromatic carbocycles. The van der Waals surface area contributed by atoms with Gasteiger partial charge in [-0.05, 0) is 12.1 Å². The Kier molecular flexibility index (Phi) is 3.15. The number of nitro groups is 1. The average molecular weight is 266 g/mol. The predicted octanol–water partition coefficient (Wildman–Crippen LogP) is 1.89. The molecule has 8 nitrogen and oxygen atoms in total. The lowest BCUT2D eigenvalue weighted by atomic mass is 10.3. The molecule has 2 aromatic rings. The van der Waals surface area contributed by atoms with E-state index in [2.05, 4.69) is 14.9 Å². The van der Waals surface area contributed by atoms with Crippen molar-refractivity contribution in [2.24, 2.45) is 0 Å². The Labute approximate surface area is 104 Å². The van der Waals surface area contributed by atoms with Gasteiger partial charge in [-0.15, -0.1) is 5.10 Å². The highest BCUT2D eigenvalue weighted by atomic mass is 32.1. The van der Waals surface area contributed by atoms with Gasteiger partial charge >= 0.3 is 5.97 Å². The average Bonchev–Trinajstić information content (AvgIpc) is 2.78. The van der Waals surface area contributed by atoms with Gasteiger partial charge in [0.05, 0.1) is 4.92 Å². The van der Waals surface area contributed by atoms with Crippen molar-refractivity contribution in [2.75, 3.05) is 5.32 Å². The summed E-state index contributed by atoms with van der Waals surface area (Å²) in [7, 11) is 0. The topological polar surface area (TPSA) is 118 Å². The second kappa shape index (κ2) is 4.75. The summed E-state index contributed by atoms with van der Waals surface area (Å²) in [5.41, 5.74) is 0.300. The lowest BCUT2D eigenvalue weighted by Crippen LogP contribution is -2.01. The predicted molar refractivity (Wildman–Crippen MR) is 63.2 cm³/mol. The van der Waals surface area contributed by atoms with E-state index in [1.807, 2.05) is 0 Å². The number of aromatic carboxylic acids is 1. The number of anilines is 2. The fourth-order valence-electron chi connectivity index (χ4n) is 1.21. The molecule has 0 atom stereocenters. The molecule has 1 heterocycles. The van der Waals surface area contributed by atoms with Crippen molar-refractivity contribution in [3.05, 3.63) is 40.1 Å². The fourth-order valence-corrected chi connectivity index (χ4v) is 1.79. The van der Waals surface area contributed by atoms with Crippen LogP contribution < -0.4 is 5.32 Å². The lowest BCUT2D eigenvalue weighted by Gasteiger charge is -2.02. The zero-order valence-corrected chi connectivity index (χ0v) is 9.55. The molecule has 2 N–H and O–H groups in total. The zero-order chi connectivity index (χ0) is 13.1. The van der Waals surface area contributed by atoms with Crippen molar-refractivity contribution < 1.29 is 14.8 Å². The minimum Gasteiger partial charge on any atom is -0.476 e. The van der Waals surface area contributed by atoms with Crippen LogP contribution in [-0.2, 0) is 0 Å². The number of nitro benzene ring substituents is 1. The minimum atomic E-state index is -1.19. The number of non-ortho nitro benzene ring substituents is 1. The number of aromatic nitrogens is 2. The van der Waals surface area contributed by atoms with Crippen LogP contribution in [0.15, 0.2) is 24.3 Å². The molecule has 92 valence electrons. The Morgan fingerprint density at radius 1 is 1.39 bits per heavy atom. The van der Waals surface area contributed by atoms with E-state index in [0.717, 1.165) is 11.5 Å². The third-order valence-electron chi connectivity index (χ3n) is 2.03. The molecule has 0 saturated carbocycles. The molecule has 0 aliphatic heterocycles. The third-order valence-corrected chi connectivity index (χ3v) is 2.67. The van der Waals surface area contributed by atoms with E-state index in [1.165, 1.54) is 24.3 Å². The SMILES string of the molecule is O=C(O)c1nnsc1Nc1ccc([N+](=O)[O-])cc1. The van der Waals surface area contributed by atoms with Gasteiger partial charge in [0.2, 0.25) is 5.69 Å². The molecule has 0 fully saturated rings. The first-order chi connectivity index (χ1) is 8.58. The maximum absolute atomic E-state index is 10.8. The summed E-state index contributed by atoms with van der Waals surface area (Å²) in [6, 6.07) is 5.58. The number of carbonyl (C=O) groups is 1. The number of hydrogen-bond donors (Lipinski definition) is 2. The van der Waals surface area contributed by atoms with Gasteiger partial charge in [0.1, 0.15) is 5.00 Å². The summed E-state index contributed by atoms with van der Waals surface area (Å²) in [5, 5.41) is 25.8. The molecule has 0 spiro atoms. The highest BCUT2D eigenvalue weighted by Crippen LogP contribution is 2.24. The molecule has 1 aromatic heterocycles. The molecule has 0 aliphatic carbocycles. The lowest BCUT2D eigenvalue weighted by molar-refractivity contribution is -0.384. The van der Waals surface area contributed by atoms with Gasteiger partial charge in [-0.2, -0.15) is 0 Å². The number of carboxylic acid groups (broad SMARTS) is 1. The van der Waals surface area contributed by atoms with Gasteiger partial charge in [-0.25, -0.2) is 4.79 Å². The number of nitrogens with zero attached hydrogens (tertiary/aromatic N) is 3. The van der Waals surface area contributed by atoms with Crippen molar-refractivity contribution in [1.82, 2.24) is 9.59 Å². The van der Waals surface area contributed by atoms with E-state index in [9.17, 15) is 14.9 Å². The van der Waals surface area contributed by atoms with Crippen LogP contribution >= 0.6 is 11.5 Å². The Morgan fingerprint density at radius 3 is 2.61 bits per heavy atom. The fraction of sp³-hybridized carbons (Fsp3) is 0. The quantitative estimate of drug-likeness (QED) is 0.640. The number of rotatable bonds is 4. The van der Waals surface area contributed by atoms with Crippen LogP contribution in [0.5, 0.6) is 0 Å². The molecule has 18 heavy (non-hydrogen) atoms. The summed E-state index contributed by atoms with van der Waals surface area (Å²) in [6.45, 7) is 0. The molecule has 0 radical (unpaired) electrons. The maximum atomic E-state index is 10.8. The Bertz CT molecular complexity index is 595. The minimum absolute atomic E-state index is 0.0403. The third kappa shape index (κ3) is 2.40. The Balaban J connectivity index is 2.21. The van der Waals surface area contributed by atoms with Gasteiger partial charge in [-0.1, -0.05) is 4.49 Å². The van der Waals surface area contributed by atoms with E-state index in [1.54, 1.807) is 0 Å². The van der Waals surface area contributed by atoms with E-state index in [-0.39, 0.29) is 16.4 Å². The summed E-state index contributed by atoms with van der Waals surface area (Å²) >= 11 is 0.896. The van der Waals surface area contributed by atoms with Crippen molar-refractivity contribution in [3.63, 3.8) is 0 Å². The van der Waals surface area contributed by atoms with Crippen molar-refractivity contribution in [2.45, 2.75) is 0 Å². The molecular formula is C9H6N4O4S. The first kappa shape index (κ1) is 11.9. The van der Waals surface area contributed by atoms with Gasteiger partial charge < -0.3 is 10.4 Å². The van der Waals surface area contributed by atoms with Crippen LogP contribution in [0.1, 0.15) is 10.5 Å². The van der Waals surface area contributed by atoms with Gasteiger partial charge in [0, 0.05) is 29.4 Å². The first-order valence-corrected chi connectivity index (χ1v) is 5.42. The van der Waals surface area contributed by atoms with E-state index in [0.29, 0.717) is 5.69 Å². The van der Waals surface area contributed by atoms with Gasteiger partial charge in [0.15, 0.2) is 0 Å². The molecule has 0 unspecified atom stereocenters. The van der Waals surface area contributed by atoms with E-state index >= 15 is 0 Å². The number of nitrogens with one attached hydrogen (secondary N) is 1.